The number of morpholine rings is 1. The van der Waals surface area contributed by atoms with Crippen molar-refractivity contribution in [2.45, 2.75) is 12.6 Å². The van der Waals surface area contributed by atoms with E-state index in [0.29, 0.717) is 13.1 Å². The Morgan fingerprint density at radius 2 is 1.90 bits per heavy atom. The van der Waals surface area contributed by atoms with E-state index < -0.39 is 0 Å². The van der Waals surface area contributed by atoms with E-state index in [0.717, 1.165) is 36.9 Å². The maximum absolute atomic E-state index is 12.9. The van der Waals surface area contributed by atoms with Crippen molar-refractivity contribution in [1.29, 1.82) is 0 Å². The molecule has 0 saturated carbocycles. The number of carbonyl (C=O) groups excluding carboxylic acids is 1. The molecule has 1 aliphatic heterocycles. The zero-order chi connectivity index (χ0) is 21.5. The van der Waals surface area contributed by atoms with Crippen molar-refractivity contribution in [1.82, 2.24) is 15.2 Å². The number of para-hydroxylation sites is 1. The minimum atomic E-state index is -0.234. The van der Waals surface area contributed by atoms with Gasteiger partial charge in [-0.1, -0.05) is 48.5 Å². The molecule has 1 amide bonds. The Morgan fingerprint density at radius 3 is 2.65 bits per heavy atom. The number of hydrogen-bond donors (Lipinski definition) is 1. The second kappa shape index (κ2) is 10.5. The van der Waals surface area contributed by atoms with Gasteiger partial charge in [-0.05, 0) is 24.2 Å². The molecule has 1 saturated heterocycles. The molecule has 0 radical (unpaired) electrons. The van der Waals surface area contributed by atoms with Crippen LogP contribution in [0.2, 0.25) is 0 Å². The highest BCUT2D eigenvalue weighted by molar-refractivity contribution is 7.09. The summed E-state index contributed by atoms with van der Waals surface area (Å²) in [6.45, 7) is 4.32. The van der Waals surface area contributed by atoms with Gasteiger partial charge < -0.3 is 15.0 Å². The molecule has 4 rings (SSSR count). The number of hydrogen-bond acceptors (Lipinski definition) is 6. The van der Waals surface area contributed by atoms with Crippen molar-refractivity contribution >= 4 is 22.9 Å². The highest BCUT2D eigenvalue weighted by Gasteiger charge is 2.21. The predicted octanol–water partition coefficient (Wildman–Crippen LogP) is 3.32. The van der Waals surface area contributed by atoms with Crippen molar-refractivity contribution in [2.75, 3.05) is 44.8 Å². The molecule has 162 valence electrons. The second-order valence-corrected chi connectivity index (χ2v) is 8.61. The number of rotatable bonds is 8. The summed E-state index contributed by atoms with van der Waals surface area (Å²) in [5, 5.41) is 6.00. The van der Waals surface area contributed by atoms with Gasteiger partial charge in [-0.3, -0.25) is 9.69 Å². The number of aromatic nitrogens is 1. The number of nitrogens with zero attached hydrogens (tertiary/aromatic N) is 3. The van der Waals surface area contributed by atoms with Gasteiger partial charge in [0.15, 0.2) is 0 Å². The molecule has 1 fully saturated rings. The molecule has 1 unspecified atom stereocenters. The van der Waals surface area contributed by atoms with Crippen LogP contribution in [-0.2, 0) is 16.1 Å². The maximum Gasteiger partial charge on any atom is 0.235 e. The van der Waals surface area contributed by atoms with Gasteiger partial charge in [-0.2, -0.15) is 0 Å². The summed E-state index contributed by atoms with van der Waals surface area (Å²) in [4.78, 5) is 21.8. The summed E-state index contributed by atoms with van der Waals surface area (Å²) in [6.07, 6.45) is 1.77. The fraction of sp³-hybridized carbons (Fsp3) is 0.333. The Kier molecular flexibility index (Phi) is 7.30. The monoisotopic (exact) mass is 436 g/mol. The molecule has 6 nitrogen and oxygen atoms in total. The first-order valence-corrected chi connectivity index (χ1v) is 11.4. The van der Waals surface area contributed by atoms with E-state index >= 15 is 0 Å². The number of carbonyl (C=O) groups is 1. The molecule has 2 aromatic carbocycles. The van der Waals surface area contributed by atoms with E-state index in [1.165, 1.54) is 11.3 Å². The molecule has 7 heteroatoms. The Labute approximate surface area is 187 Å². The Balaban J connectivity index is 1.41. The first-order valence-electron chi connectivity index (χ1n) is 10.5. The molecule has 1 N–H and O–H groups in total. The predicted molar refractivity (Wildman–Crippen MR) is 124 cm³/mol. The fourth-order valence-corrected chi connectivity index (χ4v) is 4.58. The average Bonchev–Trinajstić information content (AvgIpc) is 3.33. The summed E-state index contributed by atoms with van der Waals surface area (Å²) in [5.74, 6) is -0.0181. The van der Waals surface area contributed by atoms with Gasteiger partial charge in [0.1, 0.15) is 11.0 Å². The number of ether oxygens (including phenoxy) is 1. The van der Waals surface area contributed by atoms with E-state index in [1.807, 2.05) is 42.8 Å². The van der Waals surface area contributed by atoms with E-state index in [1.54, 1.807) is 17.5 Å². The van der Waals surface area contributed by atoms with Crippen LogP contribution in [0.5, 0.6) is 0 Å². The van der Waals surface area contributed by atoms with Crippen molar-refractivity contribution < 1.29 is 9.53 Å². The molecule has 0 bridgehead atoms. The highest BCUT2D eigenvalue weighted by Crippen LogP contribution is 2.24. The summed E-state index contributed by atoms with van der Waals surface area (Å²) in [5.41, 5.74) is 3.48. The van der Waals surface area contributed by atoms with Crippen molar-refractivity contribution in [3.8, 4) is 0 Å². The SMILES string of the molecule is CN(CC(=O)NC(c1ccccc1)c1nccs1)Cc1ccccc1N1CCOCC1. The third-order valence-electron chi connectivity index (χ3n) is 5.33. The molecule has 3 aromatic rings. The highest BCUT2D eigenvalue weighted by atomic mass is 32.1. The number of anilines is 1. The van der Waals surface area contributed by atoms with Gasteiger partial charge in [0.2, 0.25) is 5.91 Å². The van der Waals surface area contributed by atoms with Gasteiger partial charge >= 0.3 is 0 Å². The molecular formula is C24H28N4O2S. The normalized spacial score (nSPS) is 15.1. The molecule has 0 aliphatic carbocycles. The number of amides is 1. The molecule has 1 aromatic heterocycles. The standard InChI is InChI=1S/C24H28N4O2S/c1-27(17-20-9-5-6-10-21(20)28-12-14-30-15-13-28)18-22(29)26-23(24-25-11-16-31-24)19-7-3-2-4-8-19/h2-11,16,23H,12-15,17-18H2,1H3,(H,26,29). The lowest BCUT2D eigenvalue weighted by molar-refractivity contribution is -0.122. The number of likely N-dealkylation sites (N-methyl/N-ethyl adjacent to an activating group) is 1. The molecule has 0 spiro atoms. The van der Waals surface area contributed by atoms with Gasteiger partial charge in [0.05, 0.1) is 19.8 Å². The molecule has 1 atom stereocenters. The summed E-state index contributed by atoms with van der Waals surface area (Å²) >= 11 is 1.55. The maximum atomic E-state index is 12.9. The van der Waals surface area contributed by atoms with Crippen molar-refractivity contribution in [2.24, 2.45) is 0 Å². The molecule has 31 heavy (non-hydrogen) atoms. The Bertz CT molecular complexity index is 959. The topological polar surface area (TPSA) is 57.7 Å². The number of nitrogens with one attached hydrogen (secondary N) is 1. The van der Waals surface area contributed by atoms with Crippen molar-refractivity contribution in [3.05, 3.63) is 82.3 Å². The lowest BCUT2D eigenvalue weighted by Crippen LogP contribution is -2.39. The summed E-state index contributed by atoms with van der Waals surface area (Å²) < 4.78 is 5.49. The summed E-state index contributed by atoms with van der Waals surface area (Å²) in [7, 11) is 1.98. The average molecular weight is 437 g/mol. The lowest BCUT2D eigenvalue weighted by atomic mass is 10.1. The minimum absolute atomic E-state index is 0.0181. The van der Waals surface area contributed by atoms with E-state index in [-0.39, 0.29) is 11.9 Å². The van der Waals surface area contributed by atoms with Crippen LogP contribution in [0, 0.1) is 0 Å². The van der Waals surface area contributed by atoms with Crippen LogP contribution in [0.15, 0.2) is 66.2 Å². The van der Waals surface area contributed by atoms with E-state index in [4.69, 9.17) is 4.74 Å². The van der Waals surface area contributed by atoms with Gasteiger partial charge in [-0.15, -0.1) is 11.3 Å². The van der Waals surface area contributed by atoms with Crippen LogP contribution >= 0.6 is 11.3 Å². The minimum Gasteiger partial charge on any atom is -0.378 e. The molecule has 2 heterocycles. The zero-order valence-electron chi connectivity index (χ0n) is 17.7. The molecule has 1 aliphatic rings. The largest absolute Gasteiger partial charge is 0.378 e. The zero-order valence-corrected chi connectivity index (χ0v) is 18.6. The quantitative estimate of drug-likeness (QED) is 0.587. The third-order valence-corrected chi connectivity index (χ3v) is 6.17. The van der Waals surface area contributed by atoms with E-state index in [2.05, 4.69) is 44.4 Å². The first-order chi connectivity index (χ1) is 15.2. The second-order valence-electron chi connectivity index (χ2n) is 7.68. The van der Waals surface area contributed by atoms with Crippen LogP contribution < -0.4 is 10.2 Å². The lowest BCUT2D eigenvalue weighted by Gasteiger charge is -2.31. The van der Waals surface area contributed by atoms with Crippen LogP contribution in [0.1, 0.15) is 22.2 Å². The Morgan fingerprint density at radius 1 is 1.16 bits per heavy atom. The van der Waals surface area contributed by atoms with Gasteiger partial charge in [0.25, 0.3) is 0 Å². The van der Waals surface area contributed by atoms with Crippen molar-refractivity contribution in [3.63, 3.8) is 0 Å². The summed E-state index contributed by atoms with van der Waals surface area (Å²) in [6, 6.07) is 18.2. The van der Waals surface area contributed by atoms with Crippen LogP contribution in [0.25, 0.3) is 0 Å². The third kappa shape index (κ3) is 5.70. The number of benzene rings is 2. The number of thiazole rings is 1. The first kappa shape index (κ1) is 21.5. The van der Waals surface area contributed by atoms with Crippen LogP contribution in [-0.4, -0.2) is 55.7 Å². The Hall–Kier alpha value is -2.74. The molecular weight excluding hydrogens is 408 g/mol. The van der Waals surface area contributed by atoms with E-state index in [9.17, 15) is 4.79 Å². The smallest absolute Gasteiger partial charge is 0.235 e. The van der Waals surface area contributed by atoms with Crippen LogP contribution in [0.4, 0.5) is 5.69 Å². The van der Waals surface area contributed by atoms with Crippen LogP contribution in [0.3, 0.4) is 0 Å². The van der Waals surface area contributed by atoms with Gasteiger partial charge in [0, 0.05) is 36.9 Å². The van der Waals surface area contributed by atoms with Gasteiger partial charge in [-0.25, -0.2) is 4.98 Å². The fourth-order valence-electron chi connectivity index (χ4n) is 3.87.